The molecule has 2 unspecified atom stereocenters. The Morgan fingerprint density at radius 2 is 2.10 bits per heavy atom. The second kappa shape index (κ2) is 2.17. The maximum absolute atomic E-state index is 2.44. The van der Waals surface area contributed by atoms with E-state index < -0.39 is 0 Å². The fourth-order valence-corrected chi connectivity index (χ4v) is 4.30. The van der Waals surface area contributed by atoms with Crippen molar-refractivity contribution in [3.63, 3.8) is 0 Å². The maximum Gasteiger partial charge on any atom is 0.0127 e. The van der Waals surface area contributed by atoms with Crippen LogP contribution in [0.1, 0.15) is 33.1 Å². The van der Waals surface area contributed by atoms with Gasteiger partial charge < -0.3 is 0 Å². The highest BCUT2D eigenvalue weighted by atomic mass is 32.2. The van der Waals surface area contributed by atoms with Gasteiger partial charge in [0.25, 0.3) is 0 Å². The van der Waals surface area contributed by atoms with Crippen molar-refractivity contribution < 1.29 is 0 Å². The zero-order valence-corrected chi connectivity index (χ0v) is 7.71. The molecule has 0 aromatic carbocycles. The third kappa shape index (κ3) is 0.903. The standard InChI is InChI=1S/C9H16S/c1-9(2)5-3-7-4-6-10-8(7)9/h7-8H,3-6H2,1-2H3. The number of fused-ring (bicyclic) bond motifs is 1. The summed E-state index contributed by atoms with van der Waals surface area (Å²) in [5, 5.41) is 1.01. The van der Waals surface area contributed by atoms with Crippen LogP contribution in [0.4, 0.5) is 0 Å². The number of rotatable bonds is 0. The van der Waals surface area contributed by atoms with E-state index in [1.807, 2.05) is 0 Å². The summed E-state index contributed by atoms with van der Waals surface area (Å²) < 4.78 is 0. The first-order valence-corrected chi connectivity index (χ1v) is 5.37. The minimum atomic E-state index is 0.659. The Morgan fingerprint density at radius 1 is 1.30 bits per heavy atom. The molecule has 58 valence electrons. The Morgan fingerprint density at radius 3 is 2.80 bits per heavy atom. The second-order valence-electron chi connectivity index (χ2n) is 4.37. The van der Waals surface area contributed by atoms with Crippen LogP contribution in [-0.2, 0) is 0 Å². The molecule has 0 radical (unpaired) electrons. The van der Waals surface area contributed by atoms with Crippen LogP contribution >= 0.6 is 11.8 Å². The first kappa shape index (κ1) is 7.02. The van der Waals surface area contributed by atoms with Crippen LogP contribution in [0.5, 0.6) is 0 Å². The molecule has 0 aromatic heterocycles. The van der Waals surface area contributed by atoms with Crippen LogP contribution in [0.15, 0.2) is 0 Å². The van der Waals surface area contributed by atoms with Gasteiger partial charge in [-0.25, -0.2) is 0 Å². The fourth-order valence-electron chi connectivity index (χ4n) is 2.49. The molecule has 0 amide bonds. The van der Waals surface area contributed by atoms with Crippen molar-refractivity contribution in [3.8, 4) is 0 Å². The van der Waals surface area contributed by atoms with E-state index in [4.69, 9.17) is 0 Å². The summed E-state index contributed by atoms with van der Waals surface area (Å²) in [7, 11) is 0. The Balaban J connectivity index is 2.16. The molecule has 1 heterocycles. The summed E-state index contributed by atoms with van der Waals surface area (Å²) >= 11 is 2.22. The highest BCUT2D eigenvalue weighted by Gasteiger charge is 2.44. The normalized spacial score (nSPS) is 43.8. The quantitative estimate of drug-likeness (QED) is 0.519. The first-order chi connectivity index (χ1) is 4.70. The van der Waals surface area contributed by atoms with E-state index >= 15 is 0 Å². The molecule has 1 aliphatic carbocycles. The lowest BCUT2D eigenvalue weighted by Crippen LogP contribution is -2.21. The summed E-state index contributed by atoms with van der Waals surface area (Å²) in [5.41, 5.74) is 0.659. The number of hydrogen-bond acceptors (Lipinski definition) is 1. The molecule has 2 aliphatic rings. The van der Waals surface area contributed by atoms with Gasteiger partial charge in [-0.1, -0.05) is 13.8 Å². The first-order valence-electron chi connectivity index (χ1n) is 4.32. The largest absolute Gasteiger partial charge is 0.158 e. The molecule has 0 nitrogen and oxygen atoms in total. The van der Waals surface area contributed by atoms with E-state index in [-0.39, 0.29) is 0 Å². The molecule has 1 saturated heterocycles. The molecule has 0 bridgehead atoms. The molecular formula is C9H16S. The topological polar surface area (TPSA) is 0 Å². The summed E-state index contributed by atoms with van der Waals surface area (Å²) in [6.07, 6.45) is 4.47. The van der Waals surface area contributed by atoms with Gasteiger partial charge in [-0.2, -0.15) is 11.8 Å². The number of hydrogen-bond donors (Lipinski definition) is 0. The molecule has 2 fully saturated rings. The lowest BCUT2D eigenvalue weighted by molar-refractivity contribution is 0.380. The minimum absolute atomic E-state index is 0.659. The van der Waals surface area contributed by atoms with Crippen molar-refractivity contribution in [1.82, 2.24) is 0 Å². The van der Waals surface area contributed by atoms with Crippen molar-refractivity contribution >= 4 is 11.8 Å². The van der Waals surface area contributed by atoms with E-state index in [0.29, 0.717) is 5.41 Å². The van der Waals surface area contributed by atoms with Crippen LogP contribution in [0.25, 0.3) is 0 Å². The van der Waals surface area contributed by atoms with Crippen LogP contribution < -0.4 is 0 Å². The average molecular weight is 156 g/mol. The van der Waals surface area contributed by atoms with Gasteiger partial charge in [-0.05, 0) is 36.3 Å². The van der Waals surface area contributed by atoms with E-state index in [1.54, 1.807) is 0 Å². The molecule has 1 aliphatic heterocycles. The third-order valence-corrected chi connectivity index (χ3v) is 5.00. The zero-order chi connectivity index (χ0) is 7.19. The fraction of sp³-hybridized carbons (Fsp3) is 1.00. The zero-order valence-electron chi connectivity index (χ0n) is 6.89. The van der Waals surface area contributed by atoms with Crippen molar-refractivity contribution in [3.05, 3.63) is 0 Å². The second-order valence-corrected chi connectivity index (χ2v) is 5.62. The van der Waals surface area contributed by atoms with E-state index in [0.717, 1.165) is 11.2 Å². The van der Waals surface area contributed by atoms with E-state index in [2.05, 4.69) is 25.6 Å². The predicted molar refractivity (Wildman–Crippen MR) is 47.4 cm³/mol. The van der Waals surface area contributed by atoms with Gasteiger partial charge >= 0.3 is 0 Å². The molecule has 0 spiro atoms. The summed E-state index contributed by atoms with van der Waals surface area (Å²) in [5.74, 6) is 2.51. The molecular weight excluding hydrogens is 140 g/mol. The predicted octanol–water partition coefficient (Wildman–Crippen LogP) is 2.93. The highest BCUT2D eigenvalue weighted by molar-refractivity contribution is 8.00. The Bertz CT molecular complexity index is 140. The Kier molecular flexibility index (Phi) is 1.52. The summed E-state index contributed by atoms with van der Waals surface area (Å²) in [4.78, 5) is 0. The Labute approximate surface area is 67.8 Å². The van der Waals surface area contributed by atoms with Gasteiger partial charge in [0, 0.05) is 5.25 Å². The lowest BCUT2D eigenvalue weighted by atomic mass is 9.89. The monoisotopic (exact) mass is 156 g/mol. The number of thioether (sulfide) groups is 1. The molecule has 10 heavy (non-hydrogen) atoms. The lowest BCUT2D eigenvalue weighted by Gasteiger charge is -2.24. The van der Waals surface area contributed by atoms with Gasteiger partial charge in [0.2, 0.25) is 0 Å². The highest BCUT2D eigenvalue weighted by Crippen LogP contribution is 2.53. The molecule has 0 aromatic rings. The Hall–Kier alpha value is 0.350. The van der Waals surface area contributed by atoms with Crippen LogP contribution in [0.3, 0.4) is 0 Å². The van der Waals surface area contributed by atoms with Crippen molar-refractivity contribution in [2.24, 2.45) is 11.3 Å². The van der Waals surface area contributed by atoms with Crippen LogP contribution in [0.2, 0.25) is 0 Å². The molecule has 2 rings (SSSR count). The SMILES string of the molecule is CC1(C)CCC2CCSC21. The van der Waals surface area contributed by atoms with Crippen molar-refractivity contribution in [2.75, 3.05) is 5.75 Å². The van der Waals surface area contributed by atoms with Gasteiger partial charge in [0.1, 0.15) is 0 Å². The van der Waals surface area contributed by atoms with Gasteiger partial charge in [-0.15, -0.1) is 0 Å². The van der Waals surface area contributed by atoms with Crippen LogP contribution in [-0.4, -0.2) is 11.0 Å². The third-order valence-electron chi connectivity index (χ3n) is 3.14. The molecule has 1 heteroatoms. The summed E-state index contributed by atoms with van der Waals surface area (Å²) in [6, 6.07) is 0. The van der Waals surface area contributed by atoms with Crippen LogP contribution in [0, 0.1) is 11.3 Å². The molecule has 1 saturated carbocycles. The van der Waals surface area contributed by atoms with Gasteiger partial charge in [0.05, 0.1) is 0 Å². The van der Waals surface area contributed by atoms with E-state index in [9.17, 15) is 0 Å². The summed E-state index contributed by atoms with van der Waals surface area (Å²) in [6.45, 7) is 4.88. The van der Waals surface area contributed by atoms with E-state index in [1.165, 1.54) is 25.0 Å². The molecule has 0 N–H and O–H groups in total. The van der Waals surface area contributed by atoms with Crippen molar-refractivity contribution in [1.29, 1.82) is 0 Å². The minimum Gasteiger partial charge on any atom is -0.158 e. The van der Waals surface area contributed by atoms with Gasteiger partial charge in [-0.3, -0.25) is 0 Å². The maximum atomic E-state index is 2.44. The van der Waals surface area contributed by atoms with Crippen molar-refractivity contribution in [2.45, 2.75) is 38.4 Å². The molecule has 2 atom stereocenters. The smallest absolute Gasteiger partial charge is 0.0127 e. The van der Waals surface area contributed by atoms with Gasteiger partial charge in [0.15, 0.2) is 0 Å². The average Bonchev–Trinajstić information content (AvgIpc) is 2.36.